The van der Waals surface area contributed by atoms with Crippen LogP contribution < -0.4 is 0 Å². The van der Waals surface area contributed by atoms with Crippen LogP contribution in [-0.2, 0) is 12.3 Å². The lowest BCUT2D eigenvalue weighted by Crippen LogP contribution is -1.99. The number of para-hydroxylation sites is 1. The van der Waals surface area contributed by atoms with Gasteiger partial charge in [-0.2, -0.15) is 0 Å². The maximum Gasteiger partial charge on any atom is 0.191 e. The van der Waals surface area contributed by atoms with E-state index in [9.17, 15) is 0 Å². The largest absolute Gasteiger partial charge is 0.302 e. The van der Waals surface area contributed by atoms with Crippen LogP contribution in [0.3, 0.4) is 0 Å². The molecule has 0 fully saturated rings. The summed E-state index contributed by atoms with van der Waals surface area (Å²) in [6, 6.07) is 14.5. The van der Waals surface area contributed by atoms with Crippen molar-refractivity contribution in [2.45, 2.75) is 24.4 Å². The van der Waals surface area contributed by atoms with Gasteiger partial charge in [0, 0.05) is 23.9 Å². The molecular formula is C18H16N4S2. The van der Waals surface area contributed by atoms with Gasteiger partial charge >= 0.3 is 0 Å². The van der Waals surface area contributed by atoms with E-state index in [1.165, 1.54) is 10.9 Å². The molecule has 4 rings (SSSR count). The maximum absolute atomic E-state index is 4.53. The van der Waals surface area contributed by atoms with Crippen molar-refractivity contribution >= 4 is 34.0 Å². The predicted octanol–water partition coefficient (Wildman–Crippen LogP) is 4.87. The van der Waals surface area contributed by atoms with Crippen molar-refractivity contribution in [1.82, 2.24) is 19.7 Å². The zero-order chi connectivity index (χ0) is 16.4. The van der Waals surface area contributed by atoms with Crippen molar-refractivity contribution in [3.8, 4) is 10.7 Å². The first-order valence-electron chi connectivity index (χ1n) is 7.79. The van der Waals surface area contributed by atoms with Gasteiger partial charge in [0.2, 0.25) is 0 Å². The van der Waals surface area contributed by atoms with Crippen LogP contribution in [0.5, 0.6) is 0 Å². The van der Waals surface area contributed by atoms with Crippen LogP contribution >= 0.6 is 23.1 Å². The number of aromatic nitrogens is 4. The minimum atomic E-state index is 0.830. The fourth-order valence-electron chi connectivity index (χ4n) is 2.69. The van der Waals surface area contributed by atoms with Crippen molar-refractivity contribution < 1.29 is 0 Å². The molecule has 0 saturated carbocycles. The molecule has 0 aliphatic rings. The first-order valence-corrected chi connectivity index (χ1v) is 9.66. The van der Waals surface area contributed by atoms with E-state index < -0.39 is 0 Å². The molecule has 0 amide bonds. The van der Waals surface area contributed by atoms with Gasteiger partial charge in [-0.1, -0.05) is 42.1 Å². The number of hydrogen-bond acceptors (Lipinski definition) is 5. The van der Waals surface area contributed by atoms with Gasteiger partial charge in [-0.25, -0.2) is 0 Å². The number of fused-ring (bicyclic) bond motifs is 1. The molecule has 0 bridgehead atoms. The Bertz CT molecular complexity index is 955. The van der Waals surface area contributed by atoms with Crippen molar-refractivity contribution in [1.29, 1.82) is 0 Å². The molecule has 0 N–H and O–H groups in total. The Hall–Kier alpha value is -2.18. The highest BCUT2D eigenvalue weighted by Gasteiger charge is 2.14. The second-order valence-corrected chi connectivity index (χ2v) is 7.20. The van der Waals surface area contributed by atoms with Crippen LogP contribution in [0, 0.1) is 0 Å². The minimum absolute atomic E-state index is 0.830. The van der Waals surface area contributed by atoms with Gasteiger partial charge in [-0.15, -0.1) is 21.5 Å². The second kappa shape index (κ2) is 6.75. The Kier molecular flexibility index (Phi) is 4.32. The second-order valence-electron chi connectivity index (χ2n) is 5.31. The van der Waals surface area contributed by atoms with E-state index in [4.69, 9.17) is 0 Å². The average molecular weight is 352 g/mol. The molecule has 0 spiro atoms. The van der Waals surface area contributed by atoms with Gasteiger partial charge in [0.1, 0.15) is 0 Å². The molecule has 6 heteroatoms. The van der Waals surface area contributed by atoms with E-state index in [-0.39, 0.29) is 0 Å². The normalized spacial score (nSPS) is 11.2. The third kappa shape index (κ3) is 2.83. The van der Waals surface area contributed by atoms with Crippen LogP contribution in [0.1, 0.15) is 12.5 Å². The summed E-state index contributed by atoms with van der Waals surface area (Å²) in [5.41, 5.74) is 2.29. The van der Waals surface area contributed by atoms with Crippen LogP contribution in [0.2, 0.25) is 0 Å². The van der Waals surface area contributed by atoms with E-state index in [0.29, 0.717) is 0 Å². The van der Waals surface area contributed by atoms with E-state index in [0.717, 1.165) is 33.7 Å². The molecule has 0 atom stereocenters. The highest BCUT2D eigenvalue weighted by molar-refractivity contribution is 7.98. The number of pyridine rings is 1. The third-order valence-electron chi connectivity index (χ3n) is 3.85. The summed E-state index contributed by atoms with van der Waals surface area (Å²) in [5, 5.41) is 13.0. The molecule has 0 saturated heterocycles. The van der Waals surface area contributed by atoms with Gasteiger partial charge in [0.15, 0.2) is 11.0 Å². The lowest BCUT2D eigenvalue weighted by molar-refractivity contribution is 0.688. The molecule has 1 aromatic carbocycles. The molecule has 3 aromatic heterocycles. The lowest BCUT2D eigenvalue weighted by Gasteiger charge is -2.07. The van der Waals surface area contributed by atoms with Crippen LogP contribution in [0.15, 0.2) is 59.2 Å². The fourth-order valence-corrected chi connectivity index (χ4v) is 4.40. The summed E-state index contributed by atoms with van der Waals surface area (Å²) in [5.74, 6) is 1.78. The lowest BCUT2D eigenvalue weighted by atomic mass is 10.1. The standard InChI is InChI=1S/C18H16N4S2/c1-2-22-17(15-9-5-11-23-15)20-21-18(22)24-12-14-7-3-6-13-8-4-10-19-16(13)14/h3-11H,2,12H2,1H3. The number of hydrogen-bond donors (Lipinski definition) is 0. The summed E-state index contributed by atoms with van der Waals surface area (Å²) in [7, 11) is 0. The number of thiophene rings is 1. The zero-order valence-electron chi connectivity index (χ0n) is 13.2. The monoisotopic (exact) mass is 352 g/mol. The molecule has 24 heavy (non-hydrogen) atoms. The smallest absolute Gasteiger partial charge is 0.191 e. The van der Waals surface area contributed by atoms with Gasteiger partial charge in [-0.3, -0.25) is 4.98 Å². The Morgan fingerprint density at radius 2 is 2.00 bits per heavy atom. The molecule has 0 unspecified atom stereocenters. The molecule has 120 valence electrons. The van der Waals surface area contributed by atoms with Crippen molar-refractivity contribution in [3.63, 3.8) is 0 Å². The van der Waals surface area contributed by atoms with E-state index in [1.807, 2.05) is 18.3 Å². The first kappa shape index (κ1) is 15.4. The van der Waals surface area contributed by atoms with Crippen molar-refractivity contribution in [3.05, 3.63) is 59.6 Å². The highest BCUT2D eigenvalue weighted by atomic mass is 32.2. The molecule has 0 aliphatic carbocycles. The molecule has 0 aliphatic heterocycles. The first-order chi connectivity index (χ1) is 11.9. The summed E-state index contributed by atoms with van der Waals surface area (Å²) in [4.78, 5) is 5.68. The quantitative estimate of drug-likeness (QED) is 0.481. The number of nitrogens with zero attached hydrogens (tertiary/aromatic N) is 4. The van der Waals surface area contributed by atoms with Gasteiger partial charge < -0.3 is 4.57 Å². The minimum Gasteiger partial charge on any atom is -0.302 e. The van der Waals surface area contributed by atoms with Crippen LogP contribution in [0.25, 0.3) is 21.6 Å². The molecule has 4 nitrogen and oxygen atoms in total. The molecule has 3 heterocycles. The average Bonchev–Trinajstić information content (AvgIpc) is 3.28. The third-order valence-corrected chi connectivity index (χ3v) is 5.73. The summed E-state index contributed by atoms with van der Waals surface area (Å²) >= 11 is 3.40. The topological polar surface area (TPSA) is 43.6 Å². The summed E-state index contributed by atoms with van der Waals surface area (Å²) in [6.07, 6.45) is 1.85. The Morgan fingerprint density at radius 3 is 2.83 bits per heavy atom. The van der Waals surface area contributed by atoms with Gasteiger partial charge in [-0.05, 0) is 30.0 Å². The van der Waals surface area contributed by atoms with Crippen molar-refractivity contribution in [2.75, 3.05) is 0 Å². The molecule has 4 aromatic rings. The van der Waals surface area contributed by atoms with E-state index >= 15 is 0 Å². The Morgan fingerprint density at radius 1 is 1.08 bits per heavy atom. The summed E-state index contributed by atoms with van der Waals surface area (Å²) in [6.45, 7) is 2.99. The maximum atomic E-state index is 4.53. The number of rotatable bonds is 5. The van der Waals surface area contributed by atoms with Gasteiger partial charge in [0.05, 0.1) is 10.4 Å². The molecular weight excluding hydrogens is 336 g/mol. The summed E-state index contributed by atoms with van der Waals surface area (Å²) < 4.78 is 2.18. The van der Waals surface area contributed by atoms with E-state index in [1.54, 1.807) is 23.1 Å². The van der Waals surface area contributed by atoms with Gasteiger partial charge in [0.25, 0.3) is 0 Å². The number of thioether (sulfide) groups is 1. The molecule has 0 radical (unpaired) electrons. The SMILES string of the molecule is CCn1c(SCc2cccc3cccnc23)nnc1-c1cccs1. The van der Waals surface area contributed by atoms with Crippen LogP contribution in [-0.4, -0.2) is 19.7 Å². The van der Waals surface area contributed by atoms with Crippen LogP contribution in [0.4, 0.5) is 0 Å². The zero-order valence-corrected chi connectivity index (χ0v) is 14.8. The Balaban J connectivity index is 1.62. The van der Waals surface area contributed by atoms with Crippen molar-refractivity contribution in [2.24, 2.45) is 0 Å². The predicted molar refractivity (Wildman–Crippen MR) is 100 cm³/mol. The fraction of sp³-hybridized carbons (Fsp3) is 0.167. The number of benzene rings is 1. The van der Waals surface area contributed by atoms with E-state index in [2.05, 4.69) is 62.4 Å². The highest BCUT2D eigenvalue weighted by Crippen LogP contribution is 2.30. The Labute approximate surface area is 148 Å².